The number of nitrogens with one attached hydrogen (secondary N) is 1. The van der Waals surface area contributed by atoms with Crippen LogP contribution in [-0.4, -0.2) is 6.04 Å². The molecule has 0 radical (unpaired) electrons. The van der Waals surface area contributed by atoms with Gasteiger partial charge in [-0.1, -0.05) is 38.3 Å². The van der Waals surface area contributed by atoms with Gasteiger partial charge in [0.25, 0.3) is 0 Å². The van der Waals surface area contributed by atoms with Gasteiger partial charge in [0.05, 0.1) is 5.02 Å². The van der Waals surface area contributed by atoms with Crippen LogP contribution in [-0.2, 0) is 6.54 Å². The number of rotatable bonds is 3. The smallest absolute Gasteiger partial charge is 0.0516 e. The van der Waals surface area contributed by atoms with Crippen molar-refractivity contribution in [1.29, 1.82) is 0 Å². The van der Waals surface area contributed by atoms with Crippen LogP contribution in [0.1, 0.15) is 38.0 Å². The first-order valence-corrected chi connectivity index (χ1v) is 7.39. The van der Waals surface area contributed by atoms with Crippen LogP contribution < -0.4 is 5.32 Å². The van der Waals surface area contributed by atoms with Crippen LogP contribution in [0.5, 0.6) is 0 Å². The zero-order valence-electron chi connectivity index (χ0n) is 10.0. The van der Waals surface area contributed by atoms with Crippen LogP contribution in [0.4, 0.5) is 0 Å². The lowest BCUT2D eigenvalue weighted by molar-refractivity contribution is 0.206. The zero-order valence-corrected chi connectivity index (χ0v) is 11.6. The van der Waals surface area contributed by atoms with E-state index in [1.807, 2.05) is 5.38 Å². The van der Waals surface area contributed by atoms with Crippen molar-refractivity contribution in [2.24, 2.45) is 11.8 Å². The first kappa shape index (κ1) is 12.4. The van der Waals surface area contributed by atoms with Crippen molar-refractivity contribution in [3.63, 3.8) is 0 Å². The third kappa shape index (κ3) is 2.99. The molecule has 3 heteroatoms. The van der Waals surface area contributed by atoms with E-state index in [1.54, 1.807) is 11.3 Å². The van der Waals surface area contributed by atoms with Gasteiger partial charge < -0.3 is 5.32 Å². The molecule has 1 N–H and O–H groups in total. The molecule has 1 nitrogen and oxygen atoms in total. The molecule has 3 atom stereocenters. The average Bonchev–Trinajstić information content (AvgIpc) is 2.67. The highest BCUT2D eigenvalue weighted by molar-refractivity contribution is 7.10. The summed E-state index contributed by atoms with van der Waals surface area (Å²) in [7, 11) is 0. The van der Waals surface area contributed by atoms with Crippen molar-refractivity contribution in [3.8, 4) is 0 Å². The van der Waals surface area contributed by atoms with Gasteiger partial charge in [0.2, 0.25) is 0 Å². The molecule has 0 aromatic carbocycles. The quantitative estimate of drug-likeness (QED) is 0.851. The topological polar surface area (TPSA) is 12.0 Å². The highest BCUT2D eigenvalue weighted by Crippen LogP contribution is 2.30. The van der Waals surface area contributed by atoms with Gasteiger partial charge in [-0.3, -0.25) is 0 Å². The summed E-state index contributed by atoms with van der Waals surface area (Å²) in [4.78, 5) is 1.34. The van der Waals surface area contributed by atoms with E-state index in [0.717, 1.165) is 23.4 Å². The molecule has 0 spiro atoms. The number of halogens is 1. The normalized spacial score (nSPS) is 30.6. The van der Waals surface area contributed by atoms with E-state index in [9.17, 15) is 0 Å². The predicted octanol–water partition coefficient (Wildman–Crippen LogP) is 4.32. The molecule has 1 fully saturated rings. The minimum Gasteiger partial charge on any atom is -0.309 e. The third-order valence-electron chi connectivity index (χ3n) is 3.87. The van der Waals surface area contributed by atoms with Gasteiger partial charge in [0, 0.05) is 22.8 Å². The largest absolute Gasteiger partial charge is 0.309 e. The van der Waals surface area contributed by atoms with Crippen LogP contribution in [0.3, 0.4) is 0 Å². The summed E-state index contributed by atoms with van der Waals surface area (Å²) < 4.78 is 0. The van der Waals surface area contributed by atoms with Crippen LogP contribution >= 0.6 is 22.9 Å². The summed E-state index contributed by atoms with van der Waals surface area (Å²) in [5.74, 6) is 1.65. The number of thiophene rings is 1. The monoisotopic (exact) mass is 257 g/mol. The molecule has 2 rings (SSSR count). The summed E-state index contributed by atoms with van der Waals surface area (Å²) in [6.45, 7) is 5.72. The van der Waals surface area contributed by atoms with Gasteiger partial charge in [-0.15, -0.1) is 11.3 Å². The van der Waals surface area contributed by atoms with Gasteiger partial charge in [-0.2, -0.15) is 0 Å². The number of hydrogen-bond acceptors (Lipinski definition) is 2. The Morgan fingerprint density at radius 2 is 2.25 bits per heavy atom. The van der Waals surface area contributed by atoms with E-state index >= 15 is 0 Å². The minimum absolute atomic E-state index is 0.685. The van der Waals surface area contributed by atoms with Crippen molar-refractivity contribution in [3.05, 3.63) is 21.3 Å². The Kier molecular flexibility index (Phi) is 4.28. The fourth-order valence-electron chi connectivity index (χ4n) is 2.55. The van der Waals surface area contributed by atoms with Crippen LogP contribution in [0.15, 0.2) is 11.4 Å². The van der Waals surface area contributed by atoms with Crippen molar-refractivity contribution < 1.29 is 0 Å². The second-order valence-electron chi connectivity index (χ2n) is 4.99. The van der Waals surface area contributed by atoms with E-state index < -0.39 is 0 Å². The fraction of sp³-hybridized carbons (Fsp3) is 0.692. The van der Waals surface area contributed by atoms with E-state index in [1.165, 1.54) is 24.1 Å². The molecule has 0 amide bonds. The first-order valence-electron chi connectivity index (χ1n) is 6.13. The maximum Gasteiger partial charge on any atom is 0.0516 e. The molecule has 0 saturated heterocycles. The highest BCUT2D eigenvalue weighted by atomic mass is 35.5. The molecule has 3 unspecified atom stereocenters. The molecule has 1 saturated carbocycles. The zero-order chi connectivity index (χ0) is 11.5. The highest BCUT2D eigenvalue weighted by Gasteiger charge is 2.26. The lowest BCUT2D eigenvalue weighted by Crippen LogP contribution is -2.40. The Bertz CT molecular complexity index is 336. The minimum atomic E-state index is 0.685. The molecule has 1 aromatic heterocycles. The Balaban J connectivity index is 1.85. The van der Waals surface area contributed by atoms with Gasteiger partial charge in [0.1, 0.15) is 0 Å². The second kappa shape index (κ2) is 5.52. The molecule has 90 valence electrons. The molecular formula is C13H20ClNS. The van der Waals surface area contributed by atoms with Crippen molar-refractivity contribution in [2.45, 2.75) is 45.7 Å². The van der Waals surface area contributed by atoms with Crippen LogP contribution in [0.25, 0.3) is 0 Å². The Hall–Kier alpha value is -0.0500. The molecular weight excluding hydrogens is 238 g/mol. The lowest BCUT2D eigenvalue weighted by atomic mass is 9.78. The lowest BCUT2D eigenvalue weighted by Gasteiger charge is -2.34. The van der Waals surface area contributed by atoms with E-state index in [4.69, 9.17) is 11.6 Å². The van der Waals surface area contributed by atoms with Crippen molar-refractivity contribution in [1.82, 2.24) is 5.32 Å². The van der Waals surface area contributed by atoms with E-state index in [0.29, 0.717) is 6.04 Å². The first-order chi connectivity index (χ1) is 7.66. The molecule has 0 bridgehead atoms. The van der Waals surface area contributed by atoms with Gasteiger partial charge in [0.15, 0.2) is 0 Å². The maximum absolute atomic E-state index is 5.92. The van der Waals surface area contributed by atoms with E-state index in [2.05, 4.69) is 25.2 Å². The Morgan fingerprint density at radius 3 is 2.94 bits per heavy atom. The van der Waals surface area contributed by atoms with Gasteiger partial charge in [-0.25, -0.2) is 0 Å². The van der Waals surface area contributed by atoms with Crippen LogP contribution in [0.2, 0.25) is 5.02 Å². The standard InChI is InChI=1S/C13H20ClNS/c1-9-4-3-5-13(10(9)2)15-7-12-6-11(14)8-16-12/h6,8-10,13,15H,3-5,7H2,1-2H3. The maximum atomic E-state index is 5.92. The molecule has 1 heterocycles. The predicted molar refractivity (Wildman–Crippen MR) is 72.1 cm³/mol. The molecule has 1 aliphatic rings. The number of hydrogen-bond donors (Lipinski definition) is 1. The molecule has 1 aromatic rings. The summed E-state index contributed by atoms with van der Waals surface area (Å²) in [5.41, 5.74) is 0. The summed E-state index contributed by atoms with van der Waals surface area (Å²) >= 11 is 7.66. The molecule has 0 aliphatic heterocycles. The van der Waals surface area contributed by atoms with Gasteiger partial charge in [-0.05, 0) is 24.3 Å². The summed E-state index contributed by atoms with van der Waals surface area (Å²) in [6.07, 6.45) is 4.09. The molecule has 16 heavy (non-hydrogen) atoms. The van der Waals surface area contributed by atoms with Crippen LogP contribution in [0, 0.1) is 11.8 Å². The second-order valence-corrected chi connectivity index (χ2v) is 6.42. The molecule has 1 aliphatic carbocycles. The van der Waals surface area contributed by atoms with Gasteiger partial charge >= 0.3 is 0 Å². The Labute approximate surface area is 107 Å². The van der Waals surface area contributed by atoms with Crippen molar-refractivity contribution in [2.75, 3.05) is 0 Å². The third-order valence-corrected chi connectivity index (χ3v) is 5.15. The average molecular weight is 258 g/mol. The fourth-order valence-corrected chi connectivity index (χ4v) is 3.57. The SMILES string of the molecule is CC1CCCC(NCc2cc(Cl)cs2)C1C. The van der Waals surface area contributed by atoms with Crippen molar-refractivity contribution >= 4 is 22.9 Å². The van der Waals surface area contributed by atoms with E-state index in [-0.39, 0.29) is 0 Å². The summed E-state index contributed by atoms with van der Waals surface area (Å²) in [6, 6.07) is 2.75. The Morgan fingerprint density at radius 1 is 1.44 bits per heavy atom. The summed E-state index contributed by atoms with van der Waals surface area (Å²) in [5, 5.41) is 6.56.